The average molecular weight is 244 g/mol. The molecule has 2 unspecified atom stereocenters. The van der Waals surface area contributed by atoms with Crippen LogP contribution < -0.4 is 5.32 Å². The van der Waals surface area contributed by atoms with Crippen LogP contribution in [0.25, 0.3) is 0 Å². The molecule has 0 aliphatic carbocycles. The van der Waals surface area contributed by atoms with E-state index in [1.807, 2.05) is 0 Å². The third-order valence-electron chi connectivity index (χ3n) is 3.15. The largest absolute Gasteiger partial charge is 0.395 e. The van der Waals surface area contributed by atoms with Crippen LogP contribution in [-0.2, 0) is 4.74 Å². The number of hydrogen-bond acceptors (Lipinski definition) is 4. The molecule has 102 valence electrons. The van der Waals surface area contributed by atoms with Gasteiger partial charge in [0.15, 0.2) is 0 Å². The summed E-state index contributed by atoms with van der Waals surface area (Å²) in [6.45, 7) is 8.19. The maximum Gasteiger partial charge on any atom is 0.0597 e. The first-order valence-electron chi connectivity index (χ1n) is 6.75. The van der Waals surface area contributed by atoms with E-state index in [4.69, 9.17) is 4.74 Å². The van der Waals surface area contributed by atoms with Crippen LogP contribution in [0.5, 0.6) is 0 Å². The number of aliphatic hydroxyl groups is 1. The minimum absolute atomic E-state index is 0.171. The van der Waals surface area contributed by atoms with Gasteiger partial charge in [-0.25, -0.2) is 0 Å². The average Bonchev–Trinajstić information content (AvgIpc) is 2.28. The Kier molecular flexibility index (Phi) is 7.04. The Morgan fingerprint density at radius 1 is 1.47 bits per heavy atom. The molecular formula is C13H28N2O2. The van der Waals surface area contributed by atoms with Crippen molar-refractivity contribution in [1.29, 1.82) is 0 Å². The van der Waals surface area contributed by atoms with E-state index >= 15 is 0 Å². The Morgan fingerprint density at radius 2 is 2.24 bits per heavy atom. The second-order valence-electron chi connectivity index (χ2n) is 5.51. The molecule has 0 aromatic carbocycles. The van der Waals surface area contributed by atoms with Gasteiger partial charge in [0.05, 0.1) is 13.2 Å². The number of rotatable bonds is 7. The summed E-state index contributed by atoms with van der Waals surface area (Å²) in [5, 5.41) is 12.7. The molecule has 0 bridgehead atoms. The molecule has 2 atom stereocenters. The first kappa shape index (κ1) is 14.9. The van der Waals surface area contributed by atoms with E-state index in [1.165, 1.54) is 12.8 Å². The van der Waals surface area contributed by atoms with Crippen LogP contribution in [0, 0.1) is 5.92 Å². The van der Waals surface area contributed by atoms with Crippen LogP contribution in [0.4, 0.5) is 0 Å². The van der Waals surface area contributed by atoms with Gasteiger partial charge < -0.3 is 20.1 Å². The minimum atomic E-state index is 0.171. The molecule has 0 spiro atoms. The molecule has 0 aromatic rings. The van der Waals surface area contributed by atoms with Gasteiger partial charge in [-0.3, -0.25) is 0 Å². The number of nitrogens with one attached hydrogen (secondary N) is 1. The van der Waals surface area contributed by atoms with Gasteiger partial charge in [0, 0.05) is 31.8 Å². The maximum atomic E-state index is 9.32. The Labute approximate surface area is 105 Å². The molecule has 1 aliphatic heterocycles. The van der Waals surface area contributed by atoms with Gasteiger partial charge in [-0.1, -0.05) is 13.8 Å². The summed E-state index contributed by atoms with van der Waals surface area (Å²) in [6, 6.07) is 0.586. The van der Waals surface area contributed by atoms with Gasteiger partial charge in [0.1, 0.15) is 0 Å². The van der Waals surface area contributed by atoms with Crippen molar-refractivity contribution in [3.63, 3.8) is 0 Å². The predicted octanol–water partition coefficient (Wildman–Crippen LogP) is 0.704. The normalized spacial score (nSPS) is 23.3. The number of hydrogen-bond donors (Lipinski definition) is 2. The molecule has 17 heavy (non-hydrogen) atoms. The molecular weight excluding hydrogens is 216 g/mol. The van der Waals surface area contributed by atoms with Crippen LogP contribution in [0.1, 0.15) is 26.7 Å². The molecule has 1 fully saturated rings. The fourth-order valence-electron chi connectivity index (χ4n) is 2.48. The number of nitrogens with zero attached hydrogens (tertiary/aromatic N) is 1. The van der Waals surface area contributed by atoms with Gasteiger partial charge >= 0.3 is 0 Å². The summed E-state index contributed by atoms with van der Waals surface area (Å²) < 4.78 is 5.49. The first-order valence-corrected chi connectivity index (χ1v) is 6.75. The highest BCUT2D eigenvalue weighted by molar-refractivity contribution is 4.74. The standard InChI is InChI=1S/C13H28N2O2/c1-11(2)14-13(9-16)8-15(3)7-12-5-4-6-17-10-12/h11-14,16H,4-10H2,1-3H3. The van der Waals surface area contributed by atoms with E-state index in [1.54, 1.807) is 0 Å². The Morgan fingerprint density at radius 3 is 2.76 bits per heavy atom. The topological polar surface area (TPSA) is 44.7 Å². The van der Waals surface area contributed by atoms with Crippen LogP contribution >= 0.6 is 0 Å². The Hall–Kier alpha value is -0.160. The van der Waals surface area contributed by atoms with Gasteiger partial charge in [0.25, 0.3) is 0 Å². The maximum absolute atomic E-state index is 9.32. The molecule has 0 aromatic heterocycles. The molecule has 4 nitrogen and oxygen atoms in total. The zero-order valence-electron chi connectivity index (χ0n) is 11.5. The van der Waals surface area contributed by atoms with Crippen LogP contribution in [-0.4, -0.2) is 62.0 Å². The van der Waals surface area contributed by atoms with Gasteiger partial charge in [-0.15, -0.1) is 0 Å². The van der Waals surface area contributed by atoms with E-state index in [-0.39, 0.29) is 12.6 Å². The molecule has 0 saturated carbocycles. The smallest absolute Gasteiger partial charge is 0.0597 e. The van der Waals surface area contributed by atoms with E-state index in [2.05, 4.69) is 31.1 Å². The summed E-state index contributed by atoms with van der Waals surface area (Å²) >= 11 is 0. The Balaban J connectivity index is 2.23. The van der Waals surface area contributed by atoms with Crippen molar-refractivity contribution in [1.82, 2.24) is 10.2 Å². The molecule has 1 rings (SSSR count). The highest BCUT2D eigenvalue weighted by Crippen LogP contribution is 2.14. The zero-order chi connectivity index (χ0) is 12.7. The number of likely N-dealkylation sites (N-methyl/N-ethyl adjacent to an activating group) is 1. The molecule has 0 amide bonds. The lowest BCUT2D eigenvalue weighted by Crippen LogP contribution is -2.46. The second kappa shape index (κ2) is 8.03. The number of ether oxygens (including phenoxy) is 1. The zero-order valence-corrected chi connectivity index (χ0v) is 11.5. The van der Waals surface area contributed by atoms with Crippen molar-refractivity contribution in [3.8, 4) is 0 Å². The lowest BCUT2D eigenvalue weighted by molar-refractivity contribution is 0.0397. The first-order chi connectivity index (χ1) is 8.11. The molecule has 4 heteroatoms. The lowest BCUT2D eigenvalue weighted by atomic mass is 10.0. The molecule has 1 aliphatic rings. The second-order valence-corrected chi connectivity index (χ2v) is 5.51. The molecule has 1 heterocycles. The fraction of sp³-hybridized carbons (Fsp3) is 1.00. The fourth-order valence-corrected chi connectivity index (χ4v) is 2.48. The van der Waals surface area contributed by atoms with E-state index in [9.17, 15) is 5.11 Å². The quantitative estimate of drug-likeness (QED) is 0.692. The Bertz CT molecular complexity index is 194. The van der Waals surface area contributed by atoms with Crippen molar-refractivity contribution < 1.29 is 9.84 Å². The summed E-state index contributed by atoms with van der Waals surface area (Å²) in [5.74, 6) is 0.659. The summed E-state index contributed by atoms with van der Waals surface area (Å²) in [5.41, 5.74) is 0. The van der Waals surface area contributed by atoms with Crippen LogP contribution in [0.3, 0.4) is 0 Å². The van der Waals surface area contributed by atoms with Gasteiger partial charge in [-0.05, 0) is 25.8 Å². The molecule has 2 N–H and O–H groups in total. The number of aliphatic hydroxyl groups excluding tert-OH is 1. The third kappa shape index (κ3) is 6.36. The van der Waals surface area contributed by atoms with E-state index in [0.717, 1.165) is 26.3 Å². The molecule has 0 radical (unpaired) electrons. The van der Waals surface area contributed by atoms with Crippen LogP contribution in [0.15, 0.2) is 0 Å². The van der Waals surface area contributed by atoms with Gasteiger partial charge in [0.2, 0.25) is 0 Å². The SMILES string of the molecule is CC(C)NC(CO)CN(C)CC1CCCOC1. The highest BCUT2D eigenvalue weighted by Gasteiger charge is 2.18. The highest BCUT2D eigenvalue weighted by atomic mass is 16.5. The lowest BCUT2D eigenvalue weighted by Gasteiger charge is -2.30. The summed E-state index contributed by atoms with van der Waals surface area (Å²) in [6.07, 6.45) is 2.46. The summed E-state index contributed by atoms with van der Waals surface area (Å²) in [4.78, 5) is 2.30. The van der Waals surface area contributed by atoms with Crippen LogP contribution in [0.2, 0.25) is 0 Å². The van der Waals surface area contributed by atoms with E-state index in [0.29, 0.717) is 12.0 Å². The summed E-state index contributed by atoms with van der Waals surface area (Å²) in [7, 11) is 2.12. The van der Waals surface area contributed by atoms with Crippen molar-refractivity contribution >= 4 is 0 Å². The van der Waals surface area contributed by atoms with Crippen molar-refractivity contribution in [2.24, 2.45) is 5.92 Å². The molecule has 1 saturated heterocycles. The predicted molar refractivity (Wildman–Crippen MR) is 70.2 cm³/mol. The van der Waals surface area contributed by atoms with Crippen molar-refractivity contribution in [3.05, 3.63) is 0 Å². The van der Waals surface area contributed by atoms with Crippen molar-refractivity contribution in [2.45, 2.75) is 38.8 Å². The van der Waals surface area contributed by atoms with Gasteiger partial charge in [-0.2, -0.15) is 0 Å². The monoisotopic (exact) mass is 244 g/mol. The van der Waals surface area contributed by atoms with Crippen molar-refractivity contribution in [2.75, 3.05) is 40.0 Å². The van der Waals surface area contributed by atoms with E-state index < -0.39 is 0 Å². The third-order valence-corrected chi connectivity index (χ3v) is 3.15. The minimum Gasteiger partial charge on any atom is -0.395 e.